The van der Waals surface area contributed by atoms with Crippen molar-refractivity contribution in [3.8, 4) is 5.75 Å². The van der Waals surface area contributed by atoms with Gasteiger partial charge in [0.1, 0.15) is 23.6 Å². The fourth-order valence-electron chi connectivity index (χ4n) is 5.33. The van der Waals surface area contributed by atoms with E-state index in [2.05, 4.69) is 14.9 Å². The average molecular weight is 393 g/mol. The lowest BCUT2D eigenvalue weighted by Crippen LogP contribution is -2.45. The van der Waals surface area contributed by atoms with Crippen LogP contribution in [0.1, 0.15) is 60.9 Å². The van der Waals surface area contributed by atoms with Gasteiger partial charge in [-0.1, -0.05) is 37.5 Å². The van der Waals surface area contributed by atoms with Crippen LogP contribution >= 0.6 is 0 Å². The number of hydrogen-bond donors (Lipinski definition) is 1. The van der Waals surface area contributed by atoms with Crippen LogP contribution in [-0.2, 0) is 11.3 Å². The first-order valence-corrected chi connectivity index (χ1v) is 10.6. The van der Waals surface area contributed by atoms with Gasteiger partial charge in [0, 0.05) is 49.4 Å². The van der Waals surface area contributed by atoms with Gasteiger partial charge in [0.2, 0.25) is 0 Å². The second-order valence-corrected chi connectivity index (χ2v) is 8.79. The Labute approximate surface area is 170 Å². The molecular formula is C23H27N3O3. The Bertz CT molecular complexity index is 894. The highest BCUT2D eigenvalue weighted by Crippen LogP contribution is 2.49. The Kier molecular flexibility index (Phi) is 4.74. The van der Waals surface area contributed by atoms with Crippen molar-refractivity contribution < 1.29 is 14.6 Å². The summed E-state index contributed by atoms with van der Waals surface area (Å²) in [6.07, 6.45) is 10.1. The maximum absolute atomic E-state index is 12.3. The second-order valence-electron chi connectivity index (χ2n) is 8.79. The number of likely N-dealkylation sites (tertiary alicyclic amines) is 1. The molecule has 1 aromatic carbocycles. The number of aliphatic carboxylic acids is 1. The summed E-state index contributed by atoms with van der Waals surface area (Å²) in [4.78, 5) is 23.8. The average Bonchev–Trinajstić information content (AvgIpc) is 3.15. The van der Waals surface area contributed by atoms with Gasteiger partial charge in [-0.25, -0.2) is 9.97 Å². The van der Waals surface area contributed by atoms with Crippen LogP contribution in [0.25, 0.3) is 0 Å². The van der Waals surface area contributed by atoms with Gasteiger partial charge >= 0.3 is 5.97 Å². The summed E-state index contributed by atoms with van der Waals surface area (Å²) in [5.74, 6) is 1.44. The van der Waals surface area contributed by atoms with E-state index in [-0.39, 0.29) is 12.5 Å². The largest absolute Gasteiger partial charge is 0.492 e. The quantitative estimate of drug-likeness (QED) is 0.856. The number of aromatic nitrogens is 2. The van der Waals surface area contributed by atoms with Gasteiger partial charge in [0.15, 0.2) is 0 Å². The number of carbonyl (C=O) groups is 1. The third-order valence-corrected chi connectivity index (χ3v) is 6.92. The molecule has 3 aliphatic rings. The summed E-state index contributed by atoms with van der Waals surface area (Å²) in [6.45, 7) is 2.07. The molecule has 0 spiro atoms. The van der Waals surface area contributed by atoms with E-state index < -0.39 is 11.4 Å². The first-order valence-electron chi connectivity index (χ1n) is 10.6. The molecule has 3 heterocycles. The topological polar surface area (TPSA) is 75.6 Å². The molecule has 1 saturated carbocycles. The van der Waals surface area contributed by atoms with E-state index in [1.54, 1.807) is 0 Å². The number of ether oxygens (including phenoxy) is 1. The Balaban J connectivity index is 1.33. The molecule has 2 aromatic rings. The molecule has 0 bridgehead atoms. The summed E-state index contributed by atoms with van der Waals surface area (Å²) in [6, 6.07) is 7.83. The van der Waals surface area contributed by atoms with Crippen molar-refractivity contribution in [2.75, 3.05) is 19.7 Å². The number of rotatable bonds is 4. The normalized spacial score (nSPS) is 27.1. The zero-order chi connectivity index (χ0) is 19.8. The van der Waals surface area contributed by atoms with Crippen molar-refractivity contribution >= 4 is 5.97 Å². The van der Waals surface area contributed by atoms with Gasteiger partial charge in [-0.2, -0.15) is 0 Å². The van der Waals surface area contributed by atoms with Crippen molar-refractivity contribution in [2.45, 2.75) is 50.5 Å². The fourth-order valence-corrected chi connectivity index (χ4v) is 5.33. The molecule has 1 aliphatic carbocycles. The molecule has 2 unspecified atom stereocenters. The third-order valence-electron chi connectivity index (χ3n) is 6.92. The Morgan fingerprint density at radius 2 is 1.93 bits per heavy atom. The van der Waals surface area contributed by atoms with Crippen molar-refractivity contribution in [2.24, 2.45) is 5.41 Å². The van der Waals surface area contributed by atoms with Crippen LogP contribution in [0.3, 0.4) is 0 Å². The SMILES string of the molecule is O=C(O)C12COc3ccccc3C1CN(Cc1cnc(C3CCCCC3)nc1)C2. The highest BCUT2D eigenvalue weighted by Gasteiger charge is 2.56. The summed E-state index contributed by atoms with van der Waals surface area (Å²) in [5.41, 5.74) is 1.16. The maximum Gasteiger partial charge on any atom is 0.315 e. The van der Waals surface area contributed by atoms with Crippen LogP contribution in [0.4, 0.5) is 0 Å². The van der Waals surface area contributed by atoms with Crippen molar-refractivity contribution in [1.29, 1.82) is 0 Å². The van der Waals surface area contributed by atoms with Crippen molar-refractivity contribution in [3.05, 3.63) is 53.6 Å². The van der Waals surface area contributed by atoms with Gasteiger partial charge in [-0.05, 0) is 24.5 Å². The van der Waals surface area contributed by atoms with Crippen LogP contribution in [0.5, 0.6) is 5.75 Å². The summed E-state index contributed by atoms with van der Waals surface area (Å²) >= 11 is 0. The van der Waals surface area contributed by atoms with E-state index in [1.807, 2.05) is 36.7 Å². The summed E-state index contributed by atoms with van der Waals surface area (Å²) < 4.78 is 5.85. The van der Waals surface area contributed by atoms with Crippen LogP contribution in [0, 0.1) is 5.41 Å². The molecular weight excluding hydrogens is 366 g/mol. The minimum Gasteiger partial charge on any atom is -0.492 e. The molecule has 1 N–H and O–H groups in total. The summed E-state index contributed by atoms with van der Waals surface area (Å²) in [7, 11) is 0. The number of hydrogen-bond acceptors (Lipinski definition) is 5. The van der Waals surface area contributed by atoms with E-state index >= 15 is 0 Å². The predicted molar refractivity (Wildman–Crippen MR) is 108 cm³/mol. The zero-order valence-corrected chi connectivity index (χ0v) is 16.6. The molecule has 0 amide bonds. The molecule has 2 atom stereocenters. The van der Waals surface area contributed by atoms with Gasteiger partial charge in [-0.15, -0.1) is 0 Å². The Morgan fingerprint density at radius 3 is 2.69 bits per heavy atom. The first kappa shape index (κ1) is 18.6. The molecule has 152 valence electrons. The predicted octanol–water partition coefficient (Wildman–Crippen LogP) is 3.59. The van der Waals surface area contributed by atoms with Gasteiger partial charge in [0.05, 0.1) is 0 Å². The van der Waals surface area contributed by atoms with Gasteiger partial charge < -0.3 is 9.84 Å². The smallest absolute Gasteiger partial charge is 0.315 e. The number of carboxylic acids is 1. The minimum absolute atomic E-state index is 0.0626. The minimum atomic E-state index is -0.892. The van der Waals surface area contributed by atoms with E-state index in [4.69, 9.17) is 4.74 Å². The van der Waals surface area contributed by atoms with Gasteiger partial charge in [-0.3, -0.25) is 9.69 Å². The molecule has 29 heavy (non-hydrogen) atoms. The highest BCUT2D eigenvalue weighted by molar-refractivity contribution is 5.78. The maximum atomic E-state index is 12.3. The van der Waals surface area contributed by atoms with Crippen molar-refractivity contribution in [1.82, 2.24) is 14.9 Å². The van der Waals surface area contributed by atoms with E-state index in [9.17, 15) is 9.90 Å². The number of carboxylic acid groups (broad SMARTS) is 1. The van der Waals surface area contributed by atoms with E-state index in [1.165, 1.54) is 32.1 Å². The Hall–Kier alpha value is -2.47. The molecule has 2 fully saturated rings. The van der Waals surface area contributed by atoms with Crippen LogP contribution in [0.2, 0.25) is 0 Å². The van der Waals surface area contributed by atoms with Crippen LogP contribution < -0.4 is 4.74 Å². The molecule has 5 rings (SSSR count). The highest BCUT2D eigenvalue weighted by atomic mass is 16.5. The lowest BCUT2D eigenvalue weighted by Gasteiger charge is -2.35. The van der Waals surface area contributed by atoms with E-state index in [0.717, 1.165) is 22.7 Å². The lowest BCUT2D eigenvalue weighted by atomic mass is 9.73. The Morgan fingerprint density at radius 1 is 1.17 bits per heavy atom. The van der Waals surface area contributed by atoms with Crippen LogP contribution in [0.15, 0.2) is 36.7 Å². The standard InChI is InChI=1S/C23H27N3O3/c27-22(28)23-14-26(13-19(23)18-8-4-5-9-20(18)29-15-23)12-16-10-24-21(25-11-16)17-6-2-1-3-7-17/h4-5,8-11,17,19H,1-3,6-7,12-15H2,(H,27,28). The molecule has 2 aliphatic heterocycles. The lowest BCUT2D eigenvalue weighted by molar-refractivity contribution is -0.151. The van der Waals surface area contributed by atoms with Crippen molar-refractivity contribution in [3.63, 3.8) is 0 Å². The fraction of sp³-hybridized carbons (Fsp3) is 0.522. The number of fused-ring (bicyclic) bond motifs is 3. The monoisotopic (exact) mass is 393 g/mol. The second kappa shape index (κ2) is 7.41. The first-order chi connectivity index (χ1) is 14.2. The summed E-state index contributed by atoms with van der Waals surface area (Å²) in [5, 5.41) is 10.1. The molecule has 6 nitrogen and oxygen atoms in total. The molecule has 1 aromatic heterocycles. The van der Waals surface area contributed by atoms with Gasteiger partial charge in [0.25, 0.3) is 0 Å². The van der Waals surface area contributed by atoms with Crippen LogP contribution in [-0.4, -0.2) is 45.6 Å². The number of benzene rings is 1. The zero-order valence-electron chi connectivity index (χ0n) is 16.6. The van der Waals surface area contributed by atoms with E-state index in [0.29, 0.717) is 25.6 Å². The third kappa shape index (κ3) is 3.29. The molecule has 1 saturated heterocycles. The molecule has 0 radical (unpaired) electrons. The molecule has 6 heteroatoms. The number of para-hydroxylation sites is 1. The number of nitrogens with zero attached hydrogens (tertiary/aromatic N) is 3.